The molecule has 1 aromatic carbocycles. The van der Waals surface area contributed by atoms with Gasteiger partial charge < -0.3 is 19.6 Å². The fourth-order valence-corrected chi connectivity index (χ4v) is 4.29. The lowest BCUT2D eigenvalue weighted by atomic mass is 10.1. The third kappa shape index (κ3) is 3.78. The summed E-state index contributed by atoms with van der Waals surface area (Å²) in [5.74, 6) is 1.56. The van der Waals surface area contributed by atoms with Crippen molar-refractivity contribution in [2.75, 3.05) is 13.7 Å². The number of pyridine rings is 1. The summed E-state index contributed by atoms with van der Waals surface area (Å²) in [5.41, 5.74) is 3.92. The predicted molar refractivity (Wildman–Crippen MR) is 123 cm³/mol. The van der Waals surface area contributed by atoms with E-state index in [1.165, 1.54) is 12.8 Å². The van der Waals surface area contributed by atoms with Crippen LogP contribution < -0.4 is 10.1 Å². The summed E-state index contributed by atoms with van der Waals surface area (Å²) in [6.07, 6.45) is 8.07. The molecule has 4 aromatic rings. The molecule has 0 radical (unpaired) electrons. The Labute approximate surface area is 181 Å². The lowest BCUT2D eigenvalue weighted by Crippen LogP contribution is -2.33. The lowest BCUT2D eigenvalue weighted by Gasteiger charge is -2.19. The van der Waals surface area contributed by atoms with E-state index in [0.717, 1.165) is 58.3 Å². The molecular formula is C25H28N4O2. The van der Waals surface area contributed by atoms with Crippen molar-refractivity contribution in [3.05, 3.63) is 48.8 Å². The van der Waals surface area contributed by atoms with Crippen molar-refractivity contribution in [2.45, 2.75) is 38.6 Å². The molecule has 5 rings (SSSR count). The zero-order chi connectivity index (χ0) is 21.4. The molecule has 0 saturated heterocycles. The van der Waals surface area contributed by atoms with Gasteiger partial charge in [0.15, 0.2) is 0 Å². The van der Waals surface area contributed by atoms with Crippen LogP contribution in [0.2, 0.25) is 0 Å². The predicted octanol–water partition coefficient (Wildman–Crippen LogP) is 5.06. The summed E-state index contributed by atoms with van der Waals surface area (Å²) < 4.78 is 7.63. The van der Waals surface area contributed by atoms with Crippen LogP contribution in [-0.2, 0) is 4.79 Å². The van der Waals surface area contributed by atoms with Crippen molar-refractivity contribution in [1.82, 2.24) is 19.9 Å². The molecule has 1 atom stereocenters. The van der Waals surface area contributed by atoms with Gasteiger partial charge in [0.25, 0.3) is 0 Å². The second-order valence-electron chi connectivity index (χ2n) is 8.45. The van der Waals surface area contributed by atoms with Crippen LogP contribution in [0.1, 0.15) is 38.6 Å². The first-order chi connectivity index (χ1) is 15.2. The van der Waals surface area contributed by atoms with Crippen LogP contribution in [0.15, 0.2) is 48.8 Å². The van der Waals surface area contributed by atoms with E-state index in [9.17, 15) is 4.79 Å². The van der Waals surface area contributed by atoms with Gasteiger partial charge >= 0.3 is 0 Å². The Morgan fingerprint density at radius 2 is 2.19 bits per heavy atom. The van der Waals surface area contributed by atoms with Crippen LogP contribution in [0.4, 0.5) is 0 Å². The van der Waals surface area contributed by atoms with Crippen LogP contribution in [0.3, 0.4) is 0 Å². The number of rotatable bonds is 8. The maximum atomic E-state index is 13.1. The van der Waals surface area contributed by atoms with Gasteiger partial charge in [-0.3, -0.25) is 4.79 Å². The van der Waals surface area contributed by atoms with Crippen molar-refractivity contribution in [1.29, 1.82) is 0 Å². The van der Waals surface area contributed by atoms with Gasteiger partial charge in [-0.05, 0) is 61.6 Å². The van der Waals surface area contributed by atoms with Gasteiger partial charge in [-0.25, -0.2) is 4.98 Å². The Morgan fingerprint density at radius 1 is 1.32 bits per heavy atom. The number of nitrogens with zero attached hydrogens (tertiary/aromatic N) is 2. The largest absolute Gasteiger partial charge is 0.497 e. The zero-order valence-electron chi connectivity index (χ0n) is 18.0. The fraction of sp³-hybridized carbons (Fsp3) is 0.360. The Balaban J connectivity index is 1.62. The molecule has 160 valence electrons. The highest BCUT2D eigenvalue weighted by Crippen LogP contribution is 2.36. The normalized spacial score (nSPS) is 14.8. The second-order valence-corrected chi connectivity index (χ2v) is 8.45. The minimum atomic E-state index is -0.240. The second kappa shape index (κ2) is 8.10. The van der Waals surface area contributed by atoms with Crippen molar-refractivity contribution < 1.29 is 9.53 Å². The molecule has 6 nitrogen and oxygen atoms in total. The van der Waals surface area contributed by atoms with Gasteiger partial charge in [-0.2, -0.15) is 0 Å². The number of fused-ring (bicyclic) bond motifs is 2. The Hall–Kier alpha value is -3.28. The maximum Gasteiger partial charge on any atom is 0.243 e. The number of hydrogen-bond donors (Lipinski definition) is 2. The van der Waals surface area contributed by atoms with Crippen molar-refractivity contribution in [3.63, 3.8) is 0 Å². The number of nitrogens with one attached hydrogen (secondary N) is 2. The van der Waals surface area contributed by atoms with E-state index >= 15 is 0 Å². The summed E-state index contributed by atoms with van der Waals surface area (Å²) in [4.78, 5) is 21.0. The molecule has 2 N–H and O–H groups in total. The third-order valence-electron chi connectivity index (χ3n) is 6.18. The lowest BCUT2D eigenvalue weighted by molar-refractivity contribution is -0.124. The highest BCUT2D eigenvalue weighted by atomic mass is 16.5. The van der Waals surface area contributed by atoms with Gasteiger partial charge in [0.05, 0.1) is 7.11 Å². The van der Waals surface area contributed by atoms with Crippen LogP contribution in [-0.4, -0.2) is 34.1 Å². The van der Waals surface area contributed by atoms with Gasteiger partial charge in [-0.15, -0.1) is 0 Å². The van der Waals surface area contributed by atoms with E-state index < -0.39 is 0 Å². The quantitative estimate of drug-likeness (QED) is 0.422. The van der Waals surface area contributed by atoms with Gasteiger partial charge in [0, 0.05) is 46.5 Å². The maximum absolute atomic E-state index is 13.1. The van der Waals surface area contributed by atoms with E-state index in [2.05, 4.69) is 45.1 Å². The van der Waals surface area contributed by atoms with Gasteiger partial charge in [0.2, 0.25) is 5.91 Å². The first kappa shape index (κ1) is 19.7. The summed E-state index contributed by atoms with van der Waals surface area (Å²) in [7, 11) is 1.68. The molecule has 3 heterocycles. The number of amides is 1. The number of aromatic nitrogens is 3. The number of aromatic amines is 1. The molecule has 31 heavy (non-hydrogen) atoms. The van der Waals surface area contributed by atoms with Crippen molar-refractivity contribution in [3.8, 4) is 17.0 Å². The summed E-state index contributed by atoms with van der Waals surface area (Å²) in [6.45, 7) is 2.91. The molecule has 0 aliphatic heterocycles. The van der Waals surface area contributed by atoms with E-state index in [1.54, 1.807) is 13.3 Å². The molecule has 1 unspecified atom stereocenters. The number of ether oxygens (including phenoxy) is 1. The number of carbonyl (C=O) groups excluding carboxylic acids is 1. The average Bonchev–Trinajstić information content (AvgIpc) is 3.41. The van der Waals surface area contributed by atoms with Crippen LogP contribution in [0.25, 0.3) is 33.2 Å². The first-order valence-corrected chi connectivity index (χ1v) is 11.1. The number of benzene rings is 1. The first-order valence-electron chi connectivity index (χ1n) is 11.1. The summed E-state index contributed by atoms with van der Waals surface area (Å²) in [6, 6.07) is 11.9. The van der Waals surface area contributed by atoms with Crippen molar-refractivity contribution in [2.24, 2.45) is 5.92 Å². The third-order valence-corrected chi connectivity index (χ3v) is 6.18. The molecule has 1 aliphatic carbocycles. The molecule has 3 aromatic heterocycles. The monoisotopic (exact) mass is 416 g/mol. The highest BCUT2D eigenvalue weighted by Gasteiger charge is 2.27. The smallest absolute Gasteiger partial charge is 0.243 e. The number of carbonyl (C=O) groups is 1. The van der Waals surface area contributed by atoms with Gasteiger partial charge in [0.1, 0.15) is 17.4 Å². The Morgan fingerprint density at radius 3 is 2.94 bits per heavy atom. The number of hydrogen-bond acceptors (Lipinski definition) is 3. The van der Waals surface area contributed by atoms with Crippen LogP contribution in [0.5, 0.6) is 5.75 Å². The Bertz CT molecular complexity index is 1200. The molecule has 0 bridgehead atoms. The fourth-order valence-electron chi connectivity index (χ4n) is 4.29. The standard InChI is InChI=1S/C25H28N4O2/c1-3-5-23(25(30)27-14-16-7-8-16)29-15-20(19-13-18(31-2)9-10-22(19)29)21-12-17-6-4-11-26-24(17)28-21/h4,6,9-13,15-16,23H,3,5,7-8,14H2,1-2H3,(H,26,28)(H,27,30). The minimum absolute atomic E-state index is 0.103. The van der Waals surface area contributed by atoms with Crippen LogP contribution in [0, 0.1) is 5.92 Å². The summed E-state index contributed by atoms with van der Waals surface area (Å²) >= 11 is 0. The zero-order valence-corrected chi connectivity index (χ0v) is 18.0. The molecule has 1 fully saturated rings. The van der Waals surface area contributed by atoms with Crippen molar-refractivity contribution >= 4 is 27.8 Å². The van der Waals surface area contributed by atoms with Gasteiger partial charge in [-0.1, -0.05) is 13.3 Å². The topological polar surface area (TPSA) is 71.9 Å². The minimum Gasteiger partial charge on any atom is -0.497 e. The highest BCUT2D eigenvalue weighted by molar-refractivity contribution is 5.99. The number of methoxy groups -OCH3 is 1. The molecule has 6 heteroatoms. The van der Waals surface area contributed by atoms with E-state index in [1.807, 2.05) is 24.3 Å². The molecule has 1 aliphatic rings. The Kier molecular flexibility index (Phi) is 5.14. The molecule has 1 saturated carbocycles. The van der Waals surface area contributed by atoms with E-state index in [-0.39, 0.29) is 11.9 Å². The summed E-state index contributed by atoms with van der Waals surface area (Å²) in [5, 5.41) is 5.30. The molecule has 1 amide bonds. The SMILES string of the molecule is CCCC(C(=O)NCC1CC1)n1cc(-c2cc3cccnc3[nH]2)c2cc(OC)ccc21. The van der Waals surface area contributed by atoms with E-state index in [0.29, 0.717) is 5.92 Å². The molecular weight excluding hydrogens is 388 g/mol. The van der Waals surface area contributed by atoms with E-state index in [4.69, 9.17) is 4.74 Å². The average molecular weight is 417 g/mol. The van der Waals surface area contributed by atoms with Crippen LogP contribution >= 0.6 is 0 Å². The molecule has 0 spiro atoms. The number of H-pyrrole nitrogens is 1.